The Bertz CT molecular complexity index is 436. The highest BCUT2D eigenvalue weighted by Gasteiger charge is 2.25. The average molecular weight is 364 g/mol. The van der Waals surface area contributed by atoms with Crippen molar-refractivity contribution in [1.82, 2.24) is 0 Å². The highest BCUT2D eigenvalue weighted by molar-refractivity contribution is 9.10. The highest BCUT2D eigenvalue weighted by Crippen LogP contribution is 2.34. The molecule has 1 fully saturated rings. The number of hydrogen-bond acceptors (Lipinski definition) is 2. The van der Waals surface area contributed by atoms with Crippen LogP contribution < -0.4 is 9.64 Å². The van der Waals surface area contributed by atoms with Gasteiger partial charge in [0.15, 0.2) is 5.75 Å². The van der Waals surface area contributed by atoms with Gasteiger partial charge in [0.1, 0.15) is 38.4 Å². The minimum Gasteiger partial charge on any atom is -0.485 e. The first kappa shape index (κ1) is 16.1. The summed E-state index contributed by atoms with van der Waals surface area (Å²) in [5.74, 6) is 0.742. The van der Waals surface area contributed by atoms with Gasteiger partial charge in [0.05, 0.1) is 9.50 Å². The zero-order valence-electron chi connectivity index (χ0n) is 12.2. The Balaban J connectivity index is 1.87. The second kappa shape index (κ2) is 7.12. The van der Waals surface area contributed by atoms with E-state index in [4.69, 9.17) is 21.1 Å². The van der Waals surface area contributed by atoms with E-state index in [0.717, 1.165) is 35.4 Å². The summed E-state index contributed by atoms with van der Waals surface area (Å²) in [5, 5.41) is 0.663. The number of benzene rings is 1. The minimum absolute atomic E-state index is 0.323. The topological polar surface area (TPSA) is 22.9 Å². The van der Waals surface area contributed by atoms with E-state index in [1.165, 1.54) is 4.90 Å². The van der Waals surface area contributed by atoms with E-state index in [2.05, 4.69) is 29.8 Å². The molecule has 0 saturated carbocycles. The third-order valence-corrected chi connectivity index (χ3v) is 4.33. The van der Waals surface area contributed by atoms with Gasteiger partial charge >= 0.3 is 0 Å². The summed E-state index contributed by atoms with van der Waals surface area (Å²) in [6.45, 7) is 9.98. The molecule has 1 heterocycles. The van der Waals surface area contributed by atoms with Crippen LogP contribution in [0.4, 0.5) is 0 Å². The van der Waals surface area contributed by atoms with E-state index >= 15 is 0 Å². The number of rotatable bonds is 4. The fourth-order valence-electron chi connectivity index (χ4n) is 2.72. The standard InChI is InChI=1S/C15H21BrClNO2/c1-10-6-13(16)15(14(17)7-10)19-5-4-18-8-11(2)20-12(3)9-18/h6-7,11-12H,4-5,8-9H2,1-3H3/p+1/t11-,12+. The van der Waals surface area contributed by atoms with Gasteiger partial charge in [-0.15, -0.1) is 0 Å². The molecular formula is C15H22BrClNO2+. The Morgan fingerprint density at radius 1 is 1.35 bits per heavy atom. The van der Waals surface area contributed by atoms with E-state index in [9.17, 15) is 0 Å². The minimum atomic E-state index is 0.323. The van der Waals surface area contributed by atoms with E-state index in [1.54, 1.807) is 0 Å². The summed E-state index contributed by atoms with van der Waals surface area (Å²) < 4.78 is 12.5. The van der Waals surface area contributed by atoms with Gasteiger partial charge < -0.3 is 14.4 Å². The van der Waals surface area contributed by atoms with Crippen molar-refractivity contribution in [3.8, 4) is 5.75 Å². The number of quaternary nitrogens is 1. The maximum absolute atomic E-state index is 6.22. The Morgan fingerprint density at radius 3 is 2.60 bits per heavy atom. The van der Waals surface area contributed by atoms with Crippen LogP contribution in [0.2, 0.25) is 5.02 Å². The fourth-order valence-corrected chi connectivity index (χ4v) is 3.85. The van der Waals surface area contributed by atoms with E-state index < -0.39 is 0 Å². The van der Waals surface area contributed by atoms with Crippen molar-refractivity contribution in [2.24, 2.45) is 0 Å². The van der Waals surface area contributed by atoms with Crippen LogP contribution in [0.25, 0.3) is 0 Å². The lowest BCUT2D eigenvalue weighted by atomic mass is 10.2. The molecule has 1 aromatic carbocycles. The second-order valence-electron chi connectivity index (χ2n) is 5.57. The fraction of sp³-hybridized carbons (Fsp3) is 0.600. The van der Waals surface area contributed by atoms with Gasteiger partial charge in [0.25, 0.3) is 0 Å². The Hall–Kier alpha value is -0.290. The van der Waals surface area contributed by atoms with Gasteiger partial charge in [0.2, 0.25) is 0 Å². The molecule has 0 spiro atoms. The Kier molecular flexibility index (Phi) is 5.73. The maximum Gasteiger partial charge on any atom is 0.152 e. The molecule has 0 aliphatic carbocycles. The van der Waals surface area contributed by atoms with Gasteiger partial charge in [-0.05, 0) is 54.4 Å². The van der Waals surface area contributed by atoms with Crippen LogP contribution in [0.15, 0.2) is 16.6 Å². The largest absolute Gasteiger partial charge is 0.485 e. The van der Waals surface area contributed by atoms with Crippen molar-refractivity contribution in [1.29, 1.82) is 0 Å². The summed E-state index contributed by atoms with van der Waals surface area (Å²) in [5.41, 5.74) is 1.12. The average Bonchev–Trinajstić information content (AvgIpc) is 2.31. The van der Waals surface area contributed by atoms with Crippen molar-refractivity contribution < 1.29 is 14.4 Å². The SMILES string of the molecule is Cc1cc(Cl)c(OCC[NH+]2C[C@@H](C)O[C@@H](C)C2)c(Br)c1. The quantitative estimate of drug-likeness (QED) is 0.888. The third kappa shape index (κ3) is 4.35. The Labute approximate surface area is 134 Å². The van der Waals surface area contributed by atoms with Gasteiger partial charge in [-0.2, -0.15) is 0 Å². The zero-order valence-corrected chi connectivity index (χ0v) is 14.6. The summed E-state index contributed by atoms with van der Waals surface area (Å²) in [4.78, 5) is 1.52. The molecule has 112 valence electrons. The van der Waals surface area contributed by atoms with Crippen molar-refractivity contribution >= 4 is 27.5 Å². The Morgan fingerprint density at radius 2 is 2.00 bits per heavy atom. The van der Waals surface area contributed by atoms with Gasteiger partial charge in [-0.25, -0.2) is 0 Å². The van der Waals surface area contributed by atoms with E-state index in [-0.39, 0.29) is 0 Å². The van der Waals surface area contributed by atoms with Crippen molar-refractivity contribution in [2.75, 3.05) is 26.2 Å². The van der Waals surface area contributed by atoms with Crippen LogP contribution in [0.5, 0.6) is 5.75 Å². The zero-order chi connectivity index (χ0) is 14.7. The maximum atomic E-state index is 6.22. The third-order valence-electron chi connectivity index (χ3n) is 3.46. The molecule has 5 heteroatoms. The molecule has 1 N–H and O–H groups in total. The van der Waals surface area contributed by atoms with E-state index in [0.29, 0.717) is 23.8 Å². The van der Waals surface area contributed by atoms with Crippen LogP contribution in [-0.2, 0) is 4.74 Å². The monoisotopic (exact) mass is 362 g/mol. The normalized spacial score (nSPS) is 26.6. The lowest BCUT2D eigenvalue weighted by Gasteiger charge is -2.32. The molecule has 0 aromatic heterocycles. The molecule has 0 bridgehead atoms. The molecule has 0 amide bonds. The molecule has 0 radical (unpaired) electrons. The van der Waals surface area contributed by atoms with Crippen LogP contribution in [0, 0.1) is 6.92 Å². The molecule has 1 unspecified atom stereocenters. The molecular weight excluding hydrogens is 342 g/mol. The number of halogens is 2. The summed E-state index contributed by atoms with van der Waals surface area (Å²) in [7, 11) is 0. The molecule has 3 nitrogen and oxygen atoms in total. The predicted molar refractivity (Wildman–Crippen MR) is 85.0 cm³/mol. The van der Waals surface area contributed by atoms with Crippen molar-refractivity contribution in [3.05, 3.63) is 27.2 Å². The highest BCUT2D eigenvalue weighted by atomic mass is 79.9. The molecule has 2 rings (SSSR count). The number of morpholine rings is 1. The van der Waals surface area contributed by atoms with Gasteiger partial charge in [-0.3, -0.25) is 0 Å². The number of aryl methyl sites for hydroxylation is 1. The summed E-state index contributed by atoms with van der Waals surface area (Å²) >= 11 is 9.73. The van der Waals surface area contributed by atoms with Gasteiger partial charge in [0, 0.05) is 0 Å². The molecule has 1 aliphatic heterocycles. The molecule has 1 aliphatic rings. The van der Waals surface area contributed by atoms with Crippen LogP contribution in [0.1, 0.15) is 19.4 Å². The van der Waals surface area contributed by atoms with Crippen LogP contribution in [0.3, 0.4) is 0 Å². The summed E-state index contributed by atoms with van der Waals surface area (Å²) in [6, 6.07) is 3.94. The van der Waals surface area contributed by atoms with Gasteiger partial charge in [-0.1, -0.05) is 11.6 Å². The first-order valence-electron chi connectivity index (χ1n) is 7.03. The van der Waals surface area contributed by atoms with Crippen molar-refractivity contribution in [2.45, 2.75) is 33.0 Å². The first-order valence-corrected chi connectivity index (χ1v) is 8.20. The molecule has 1 aromatic rings. The van der Waals surface area contributed by atoms with Crippen LogP contribution >= 0.6 is 27.5 Å². The first-order chi connectivity index (χ1) is 9.45. The molecule has 20 heavy (non-hydrogen) atoms. The summed E-state index contributed by atoms with van der Waals surface area (Å²) in [6.07, 6.45) is 0.645. The number of nitrogens with one attached hydrogen (secondary N) is 1. The van der Waals surface area contributed by atoms with E-state index in [1.807, 2.05) is 19.1 Å². The smallest absolute Gasteiger partial charge is 0.152 e. The lowest BCUT2D eigenvalue weighted by Crippen LogP contribution is -3.16. The number of ether oxygens (including phenoxy) is 2. The number of hydrogen-bond donors (Lipinski definition) is 1. The molecule has 3 atom stereocenters. The predicted octanol–water partition coefficient (Wildman–Crippen LogP) is 2.48. The second-order valence-corrected chi connectivity index (χ2v) is 6.83. The molecule has 1 saturated heterocycles. The van der Waals surface area contributed by atoms with Crippen LogP contribution in [-0.4, -0.2) is 38.4 Å². The van der Waals surface area contributed by atoms with Crippen molar-refractivity contribution in [3.63, 3.8) is 0 Å². The lowest BCUT2D eigenvalue weighted by molar-refractivity contribution is -0.915.